The van der Waals surface area contributed by atoms with Crippen LogP contribution in [0.4, 0.5) is 0 Å². The molecule has 0 radical (unpaired) electrons. The minimum atomic E-state index is 0.248. The molecular formula is C14H19Cl2N. The molecular weight excluding hydrogens is 253 g/mol. The van der Waals surface area contributed by atoms with Crippen molar-refractivity contribution in [2.75, 3.05) is 6.54 Å². The zero-order valence-electron chi connectivity index (χ0n) is 10.6. The predicted molar refractivity (Wildman–Crippen MR) is 74.8 cm³/mol. The topological polar surface area (TPSA) is 12.0 Å². The van der Waals surface area contributed by atoms with E-state index in [-0.39, 0.29) is 6.04 Å². The van der Waals surface area contributed by atoms with E-state index < -0.39 is 0 Å². The molecule has 1 fully saturated rings. The summed E-state index contributed by atoms with van der Waals surface area (Å²) in [7, 11) is 0. The highest BCUT2D eigenvalue weighted by molar-refractivity contribution is 6.42. The van der Waals surface area contributed by atoms with E-state index >= 15 is 0 Å². The Balaban J connectivity index is 1.96. The molecule has 0 aliphatic heterocycles. The first-order valence-electron chi connectivity index (χ1n) is 6.09. The maximum Gasteiger partial charge on any atom is 0.0639 e. The van der Waals surface area contributed by atoms with E-state index in [1.54, 1.807) is 0 Å². The third-order valence-electron chi connectivity index (χ3n) is 3.84. The van der Waals surface area contributed by atoms with Crippen LogP contribution in [0.1, 0.15) is 38.8 Å². The first kappa shape index (κ1) is 13.2. The standard InChI is InChI=1S/C14H19Cl2N/c1-9(17-8-10-7-14(10,2)3)11-5-4-6-12(15)13(11)16/h4-6,9-10,17H,7-8H2,1-3H3. The Morgan fingerprint density at radius 3 is 2.65 bits per heavy atom. The molecule has 1 aliphatic carbocycles. The van der Waals surface area contributed by atoms with Crippen molar-refractivity contribution < 1.29 is 0 Å². The van der Waals surface area contributed by atoms with Crippen molar-refractivity contribution in [1.29, 1.82) is 0 Å². The summed E-state index contributed by atoms with van der Waals surface area (Å²) in [6.07, 6.45) is 1.32. The molecule has 1 aliphatic rings. The maximum atomic E-state index is 6.20. The van der Waals surface area contributed by atoms with E-state index in [0.717, 1.165) is 18.0 Å². The van der Waals surface area contributed by atoms with Crippen LogP contribution < -0.4 is 5.32 Å². The fourth-order valence-corrected chi connectivity index (χ4v) is 2.68. The van der Waals surface area contributed by atoms with Gasteiger partial charge in [0.15, 0.2) is 0 Å². The first-order valence-corrected chi connectivity index (χ1v) is 6.84. The van der Waals surface area contributed by atoms with Gasteiger partial charge >= 0.3 is 0 Å². The highest BCUT2D eigenvalue weighted by Crippen LogP contribution is 2.51. The minimum Gasteiger partial charge on any atom is -0.310 e. The van der Waals surface area contributed by atoms with Crippen molar-refractivity contribution in [3.8, 4) is 0 Å². The van der Waals surface area contributed by atoms with Gasteiger partial charge in [0.2, 0.25) is 0 Å². The molecule has 2 atom stereocenters. The highest BCUT2D eigenvalue weighted by Gasteiger charge is 2.44. The van der Waals surface area contributed by atoms with E-state index in [4.69, 9.17) is 23.2 Å². The minimum absolute atomic E-state index is 0.248. The van der Waals surface area contributed by atoms with Crippen LogP contribution >= 0.6 is 23.2 Å². The molecule has 0 amide bonds. The van der Waals surface area contributed by atoms with Crippen molar-refractivity contribution >= 4 is 23.2 Å². The van der Waals surface area contributed by atoms with Gasteiger partial charge in [0.05, 0.1) is 10.0 Å². The Bertz CT molecular complexity index is 415. The Hall–Kier alpha value is -0.240. The number of benzene rings is 1. The Morgan fingerprint density at radius 1 is 1.41 bits per heavy atom. The molecule has 1 N–H and O–H groups in total. The number of halogens is 2. The lowest BCUT2D eigenvalue weighted by Gasteiger charge is -2.16. The lowest BCUT2D eigenvalue weighted by molar-refractivity contribution is 0.485. The Morgan fingerprint density at radius 2 is 2.06 bits per heavy atom. The largest absolute Gasteiger partial charge is 0.310 e. The predicted octanol–water partition coefficient (Wildman–Crippen LogP) is 4.69. The van der Waals surface area contributed by atoms with Crippen LogP contribution in [-0.4, -0.2) is 6.54 Å². The second-order valence-electron chi connectivity index (χ2n) is 5.66. The summed E-state index contributed by atoms with van der Waals surface area (Å²) < 4.78 is 0. The normalized spacial score (nSPS) is 23.5. The summed E-state index contributed by atoms with van der Waals surface area (Å²) in [4.78, 5) is 0. The van der Waals surface area contributed by atoms with Gasteiger partial charge in [-0.3, -0.25) is 0 Å². The zero-order valence-corrected chi connectivity index (χ0v) is 12.1. The summed E-state index contributed by atoms with van der Waals surface area (Å²) in [5, 5.41) is 4.84. The average Bonchev–Trinajstić information content (AvgIpc) is 2.87. The average molecular weight is 272 g/mol. The molecule has 3 heteroatoms. The smallest absolute Gasteiger partial charge is 0.0639 e. The van der Waals surface area contributed by atoms with Crippen LogP contribution in [-0.2, 0) is 0 Å². The molecule has 2 rings (SSSR count). The monoisotopic (exact) mass is 271 g/mol. The number of hydrogen-bond acceptors (Lipinski definition) is 1. The van der Waals surface area contributed by atoms with E-state index in [0.29, 0.717) is 15.5 Å². The second kappa shape index (κ2) is 4.79. The van der Waals surface area contributed by atoms with Crippen molar-refractivity contribution in [1.82, 2.24) is 5.32 Å². The van der Waals surface area contributed by atoms with Gasteiger partial charge in [0.1, 0.15) is 0 Å². The fraction of sp³-hybridized carbons (Fsp3) is 0.571. The summed E-state index contributed by atoms with van der Waals surface area (Å²) in [5.74, 6) is 0.794. The third-order valence-corrected chi connectivity index (χ3v) is 4.67. The summed E-state index contributed by atoms with van der Waals surface area (Å²) >= 11 is 12.2. The van der Waals surface area contributed by atoms with E-state index in [1.165, 1.54) is 6.42 Å². The van der Waals surface area contributed by atoms with Gasteiger partial charge in [-0.1, -0.05) is 49.2 Å². The Labute approximate surface area is 114 Å². The lowest BCUT2D eigenvalue weighted by Crippen LogP contribution is -2.22. The van der Waals surface area contributed by atoms with E-state index in [9.17, 15) is 0 Å². The number of nitrogens with one attached hydrogen (secondary N) is 1. The van der Waals surface area contributed by atoms with Gasteiger partial charge in [0, 0.05) is 6.04 Å². The lowest BCUT2D eigenvalue weighted by atomic mass is 10.1. The van der Waals surface area contributed by atoms with E-state index in [1.807, 2.05) is 18.2 Å². The third kappa shape index (κ3) is 2.96. The molecule has 0 saturated heterocycles. The molecule has 1 nitrogen and oxygen atoms in total. The van der Waals surface area contributed by atoms with Gasteiger partial charge in [-0.05, 0) is 42.9 Å². The first-order chi connectivity index (χ1) is 7.92. The fourth-order valence-electron chi connectivity index (χ4n) is 2.21. The van der Waals surface area contributed by atoms with Crippen LogP contribution in [0.25, 0.3) is 0 Å². The maximum absolute atomic E-state index is 6.20. The van der Waals surface area contributed by atoms with Crippen molar-refractivity contribution in [2.24, 2.45) is 11.3 Å². The number of hydrogen-bond donors (Lipinski definition) is 1. The van der Waals surface area contributed by atoms with Gasteiger partial charge in [-0.25, -0.2) is 0 Å². The quantitative estimate of drug-likeness (QED) is 0.838. The summed E-state index contributed by atoms with van der Waals surface area (Å²) in [6, 6.07) is 6.05. The van der Waals surface area contributed by atoms with Crippen LogP contribution in [0.3, 0.4) is 0 Å². The van der Waals surface area contributed by atoms with Crippen molar-refractivity contribution in [3.63, 3.8) is 0 Å². The molecule has 1 aromatic carbocycles. The molecule has 0 bridgehead atoms. The summed E-state index contributed by atoms with van der Waals surface area (Å²) in [6.45, 7) is 7.82. The molecule has 0 heterocycles. The molecule has 17 heavy (non-hydrogen) atoms. The second-order valence-corrected chi connectivity index (χ2v) is 6.45. The SMILES string of the molecule is CC(NCC1CC1(C)C)c1cccc(Cl)c1Cl. The molecule has 0 spiro atoms. The van der Waals surface area contributed by atoms with Crippen LogP contribution in [0.2, 0.25) is 10.0 Å². The van der Waals surface area contributed by atoms with Gasteiger partial charge in [-0.2, -0.15) is 0 Å². The van der Waals surface area contributed by atoms with Crippen LogP contribution in [0.5, 0.6) is 0 Å². The molecule has 2 unspecified atom stereocenters. The van der Waals surface area contributed by atoms with Crippen LogP contribution in [0.15, 0.2) is 18.2 Å². The van der Waals surface area contributed by atoms with Crippen LogP contribution in [0, 0.1) is 11.3 Å². The molecule has 0 aromatic heterocycles. The van der Waals surface area contributed by atoms with Crippen molar-refractivity contribution in [3.05, 3.63) is 33.8 Å². The highest BCUT2D eigenvalue weighted by atomic mass is 35.5. The Kier molecular flexibility index (Phi) is 3.72. The summed E-state index contributed by atoms with van der Waals surface area (Å²) in [5.41, 5.74) is 1.60. The van der Waals surface area contributed by atoms with E-state index in [2.05, 4.69) is 26.1 Å². The number of rotatable bonds is 4. The van der Waals surface area contributed by atoms with Gasteiger partial charge in [0.25, 0.3) is 0 Å². The van der Waals surface area contributed by atoms with Gasteiger partial charge in [-0.15, -0.1) is 0 Å². The zero-order chi connectivity index (χ0) is 12.6. The van der Waals surface area contributed by atoms with Crippen molar-refractivity contribution in [2.45, 2.75) is 33.2 Å². The van der Waals surface area contributed by atoms with Gasteiger partial charge < -0.3 is 5.32 Å². The molecule has 1 aromatic rings. The molecule has 94 valence electrons. The molecule has 1 saturated carbocycles.